The first-order valence-corrected chi connectivity index (χ1v) is 6.13. The quantitative estimate of drug-likeness (QED) is 0.870. The summed E-state index contributed by atoms with van der Waals surface area (Å²) >= 11 is 3.35. The van der Waals surface area contributed by atoms with Crippen molar-refractivity contribution in [1.29, 1.82) is 0 Å². The van der Waals surface area contributed by atoms with E-state index in [4.69, 9.17) is 4.74 Å². The van der Waals surface area contributed by atoms with Crippen LogP contribution in [-0.2, 0) is 11.2 Å². The molecule has 1 aromatic rings. The monoisotopic (exact) mass is 289 g/mol. The van der Waals surface area contributed by atoms with E-state index < -0.39 is 0 Å². The van der Waals surface area contributed by atoms with Gasteiger partial charge in [-0.1, -0.05) is 22.9 Å². The van der Waals surface area contributed by atoms with Gasteiger partial charge in [0, 0.05) is 17.6 Å². The lowest BCUT2D eigenvalue weighted by Crippen LogP contribution is -2.35. The van der Waals surface area contributed by atoms with Gasteiger partial charge >= 0.3 is 0 Å². The van der Waals surface area contributed by atoms with Crippen molar-refractivity contribution in [1.82, 2.24) is 5.32 Å². The Morgan fingerprint density at radius 3 is 2.88 bits per heavy atom. The van der Waals surface area contributed by atoms with Crippen molar-refractivity contribution in [3.05, 3.63) is 34.1 Å². The number of hydrogen-bond acceptors (Lipinski definition) is 2. The number of hydrogen-bond donors (Lipinski definition) is 1. The summed E-state index contributed by atoms with van der Waals surface area (Å²) in [6, 6.07) is 5.15. The Hall–Kier alpha value is -0.450. The van der Waals surface area contributed by atoms with Crippen LogP contribution in [0.25, 0.3) is 0 Å². The largest absolute Gasteiger partial charge is 0.383 e. The molecule has 0 bridgehead atoms. The number of benzene rings is 1. The van der Waals surface area contributed by atoms with Crippen LogP contribution in [0.1, 0.15) is 12.5 Å². The fourth-order valence-electron chi connectivity index (χ4n) is 1.65. The van der Waals surface area contributed by atoms with Crippen molar-refractivity contribution < 1.29 is 9.13 Å². The second kappa shape index (κ2) is 6.99. The Kier molecular flexibility index (Phi) is 5.95. The lowest BCUT2D eigenvalue weighted by atomic mass is 10.1. The lowest BCUT2D eigenvalue weighted by molar-refractivity contribution is 0.166. The molecule has 4 heteroatoms. The van der Waals surface area contributed by atoms with E-state index in [1.807, 2.05) is 13.0 Å². The number of halogens is 2. The molecule has 0 aromatic heterocycles. The molecule has 16 heavy (non-hydrogen) atoms. The summed E-state index contributed by atoms with van der Waals surface area (Å²) in [5.74, 6) is -0.165. The van der Waals surface area contributed by atoms with Crippen LogP contribution < -0.4 is 5.32 Å². The molecule has 0 aliphatic carbocycles. The predicted octanol–water partition coefficient (Wildman–Crippen LogP) is 2.76. The van der Waals surface area contributed by atoms with Crippen molar-refractivity contribution >= 4 is 15.9 Å². The maximum Gasteiger partial charge on any atom is 0.126 e. The zero-order chi connectivity index (χ0) is 12.0. The van der Waals surface area contributed by atoms with Crippen LogP contribution >= 0.6 is 15.9 Å². The molecular formula is C12H17BrFNO. The van der Waals surface area contributed by atoms with Crippen LogP contribution in [0.2, 0.25) is 0 Å². The average Bonchev–Trinajstić information content (AvgIpc) is 2.24. The van der Waals surface area contributed by atoms with E-state index >= 15 is 0 Å². The molecular weight excluding hydrogens is 273 g/mol. The summed E-state index contributed by atoms with van der Waals surface area (Å²) in [4.78, 5) is 0. The Morgan fingerprint density at radius 2 is 2.25 bits per heavy atom. The van der Waals surface area contributed by atoms with Gasteiger partial charge in [-0.15, -0.1) is 0 Å². The van der Waals surface area contributed by atoms with Gasteiger partial charge in [0.25, 0.3) is 0 Å². The minimum Gasteiger partial charge on any atom is -0.383 e. The average molecular weight is 290 g/mol. The van der Waals surface area contributed by atoms with Crippen LogP contribution in [0.3, 0.4) is 0 Å². The summed E-state index contributed by atoms with van der Waals surface area (Å²) in [6.45, 7) is 3.46. The van der Waals surface area contributed by atoms with E-state index in [1.54, 1.807) is 13.2 Å². The lowest BCUT2D eigenvalue weighted by Gasteiger charge is -2.17. The zero-order valence-corrected chi connectivity index (χ0v) is 11.2. The minimum absolute atomic E-state index is 0.152. The highest BCUT2D eigenvalue weighted by molar-refractivity contribution is 9.10. The topological polar surface area (TPSA) is 21.3 Å². The van der Waals surface area contributed by atoms with E-state index in [0.29, 0.717) is 18.6 Å². The van der Waals surface area contributed by atoms with Crippen LogP contribution in [-0.4, -0.2) is 26.3 Å². The van der Waals surface area contributed by atoms with Gasteiger partial charge in [-0.05, 0) is 36.7 Å². The van der Waals surface area contributed by atoms with Crippen molar-refractivity contribution in [3.8, 4) is 0 Å². The Morgan fingerprint density at radius 1 is 1.50 bits per heavy atom. The maximum atomic E-state index is 13.5. The van der Waals surface area contributed by atoms with Gasteiger partial charge in [-0.25, -0.2) is 4.39 Å². The van der Waals surface area contributed by atoms with Crippen molar-refractivity contribution in [2.75, 3.05) is 20.3 Å². The minimum atomic E-state index is -0.165. The highest BCUT2D eigenvalue weighted by Gasteiger charge is 2.11. The van der Waals surface area contributed by atoms with E-state index in [0.717, 1.165) is 11.0 Å². The summed E-state index contributed by atoms with van der Waals surface area (Å²) < 4.78 is 19.5. The molecule has 1 N–H and O–H groups in total. The summed E-state index contributed by atoms with van der Waals surface area (Å²) in [7, 11) is 1.65. The molecule has 2 nitrogen and oxygen atoms in total. The molecule has 0 radical (unpaired) electrons. The highest BCUT2D eigenvalue weighted by Crippen LogP contribution is 2.17. The Bertz CT molecular complexity index is 327. The molecule has 1 atom stereocenters. The molecule has 0 amide bonds. The first kappa shape index (κ1) is 13.6. The first-order valence-electron chi connectivity index (χ1n) is 5.33. The Balaban J connectivity index is 2.71. The van der Waals surface area contributed by atoms with Crippen molar-refractivity contribution in [2.45, 2.75) is 19.4 Å². The SMILES string of the molecule is CCNC(COC)Cc1cc(Br)ccc1F. The normalized spacial score (nSPS) is 12.8. The third kappa shape index (κ3) is 4.20. The van der Waals surface area contributed by atoms with E-state index in [9.17, 15) is 4.39 Å². The zero-order valence-electron chi connectivity index (χ0n) is 9.59. The Labute approximate surface area is 104 Å². The van der Waals surface area contributed by atoms with Gasteiger partial charge in [0.2, 0.25) is 0 Å². The molecule has 0 spiro atoms. The molecule has 0 fully saturated rings. The second-order valence-electron chi connectivity index (χ2n) is 3.65. The van der Waals surface area contributed by atoms with Gasteiger partial charge in [-0.2, -0.15) is 0 Å². The fraction of sp³-hybridized carbons (Fsp3) is 0.500. The number of nitrogens with one attached hydrogen (secondary N) is 1. The number of likely N-dealkylation sites (N-methyl/N-ethyl adjacent to an activating group) is 1. The molecule has 0 heterocycles. The summed E-state index contributed by atoms with van der Waals surface area (Å²) in [5, 5.41) is 3.27. The van der Waals surface area contributed by atoms with E-state index in [2.05, 4.69) is 21.2 Å². The number of methoxy groups -OCH3 is 1. The molecule has 1 aromatic carbocycles. The third-order valence-electron chi connectivity index (χ3n) is 2.33. The van der Waals surface area contributed by atoms with Gasteiger partial charge < -0.3 is 10.1 Å². The third-order valence-corrected chi connectivity index (χ3v) is 2.83. The highest BCUT2D eigenvalue weighted by atomic mass is 79.9. The van der Waals surface area contributed by atoms with E-state index in [-0.39, 0.29) is 11.9 Å². The van der Waals surface area contributed by atoms with Gasteiger partial charge in [0.05, 0.1) is 6.61 Å². The van der Waals surface area contributed by atoms with E-state index in [1.165, 1.54) is 6.07 Å². The predicted molar refractivity (Wildman–Crippen MR) is 67.1 cm³/mol. The van der Waals surface area contributed by atoms with Gasteiger partial charge in [-0.3, -0.25) is 0 Å². The van der Waals surface area contributed by atoms with Crippen LogP contribution in [0.5, 0.6) is 0 Å². The standard InChI is InChI=1S/C12H17BrFNO/c1-3-15-11(8-16-2)7-9-6-10(13)4-5-12(9)14/h4-6,11,15H,3,7-8H2,1-2H3. The van der Waals surface area contributed by atoms with Crippen LogP contribution in [0.15, 0.2) is 22.7 Å². The molecule has 0 saturated heterocycles. The van der Waals surface area contributed by atoms with Gasteiger partial charge in [0.15, 0.2) is 0 Å². The first-order chi connectivity index (χ1) is 7.67. The maximum absolute atomic E-state index is 13.5. The molecule has 0 aliphatic heterocycles. The van der Waals surface area contributed by atoms with Crippen LogP contribution in [0.4, 0.5) is 4.39 Å². The molecule has 1 unspecified atom stereocenters. The summed E-state index contributed by atoms with van der Waals surface area (Å²) in [6.07, 6.45) is 0.632. The fourth-order valence-corrected chi connectivity index (χ4v) is 2.05. The van der Waals surface area contributed by atoms with Gasteiger partial charge in [0.1, 0.15) is 5.82 Å². The van der Waals surface area contributed by atoms with Crippen molar-refractivity contribution in [2.24, 2.45) is 0 Å². The van der Waals surface area contributed by atoms with Crippen molar-refractivity contribution in [3.63, 3.8) is 0 Å². The molecule has 90 valence electrons. The molecule has 1 rings (SSSR count). The second-order valence-corrected chi connectivity index (χ2v) is 4.57. The molecule has 0 aliphatic rings. The summed E-state index contributed by atoms with van der Waals surface area (Å²) in [5.41, 5.74) is 0.706. The smallest absolute Gasteiger partial charge is 0.126 e. The van der Waals surface area contributed by atoms with Crippen LogP contribution in [0, 0.1) is 5.82 Å². The molecule has 0 saturated carbocycles. The number of ether oxygens (including phenoxy) is 1. The number of rotatable bonds is 6.